The molecule has 1 rings (SSSR count). The van der Waals surface area contributed by atoms with Crippen molar-refractivity contribution in [1.82, 2.24) is 5.32 Å². The Kier molecular flexibility index (Phi) is 5.34. The largest absolute Gasteiger partial charge is 0.481 e. The van der Waals surface area contributed by atoms with Crippen molar-refractivity contribution in [2.24, 2.45) is 0 Å². The van der Waals surface area contributed by atoms with Crippen LogP contribution in [-0.4, -0.2) is 28.5 Å². The smallest absolute Gasteiger partial charge is 0.313 e. The molecule has 1 aromatic rings. The van der Waals surface area contributed by atoms with Crippen LogP contribution in [0, 0.1) is 0 Å². The second-order valence-corrected chi connectivity index (χ2v) is 5.16. The van der Waals surface area contributed by atoms with Crippen LogP contribution in [0.5, 0.6) is 0 Å². The van der Waals surface area contributed by atoms with E-state index in [1.165, 1.54) is 0 Å². The number of thiophene rings is 1. The summed E-state index contributed by atoms with van der Waals surface area (Å²) in [6, 6.07) is 3.87. The van der Waals surface area contributed by atoms with E-state index >= 15 is 0 Å². The molecule has 6 heteroatoms. The van der Waals surface area contributed by atoms with Gasteiger partial charge in [-0.3, -0.25) is 9.59 Å². The second kappa shape index (κ2) is 6.55. The van der Waals surface area contributed by atoms with Gasteiger partial charge in [-0.15, -0.1) is 23.1 Å². The molecule has 0 spiro atoms. The summed E-state index contributed by atoms with van der Waals surface area (Å²) in [7, 11) is 0. The lowest BCUT2D eigenvalue weighted by molar-refractivity contribution is -0.133. The van der Waals surface area contributed by atoms with Crippen molar-refractivity contribution in [3.8, 4) is 0 Å². The summed E-state index contributed by atoms with van der Waals surface area (Å²) in [6.07, 6.45) is 0. The minimum absolute atomic E-state index is 0.0158. The molecule has 88 valence electrons. The van der Waals surface area contributed by atoms with Crippen LogP contribution in [0.3, 0.4) is 0 Å². The molecule has 0 saturated carbocycles. The predicted molar refractivity (Wildman–Crippen MR) is 65.8 cm³/mol. The topological polar surface area (TPSA) is 66.4 Å². The van der Waals surface area contributed by atoms with Crippen LogP contribution in [0.15, 0.2) is 17.5 Å². The third kappa shape index (κ3) is 4.67. The Bertz CT molecular complexity index is 351. The van der Waals surface area contributed by atoms with E-state index in [9.17, 15) is 9.59 Å². The van der Waals surface area contributed by atoms with Gasteiger partial charge in [0, 0.05) is 4.88 Å². The highest BCUT2D eigenvalue weighted by molar-refractivity contribution is 8.00. The van der Waals surface area contributed by atoms with Gasteiger partial charge in [-0.25, -0.2) is 0 Å². The Morgan fingerprint density at radius 3 is 2.88 bits per heavy atom. The van der Waals surface area contributed by atoms with Crippen LogP contribution in [0.25, 0.3) is 0 Å². The molecular weight excluding hydrogens is 246 g/mol. The third-order valence-electron chi connectivity index (χ3n) is 1.81. The van der Waals surface area contributed by atoms with Gasteiger partial charge in [-0.1, -0.05) is 6.07 Å². The summed E-state index contributed by atoms with van der Waals surface area (Å²) in [5, 5.41) is 13.2. The Balaban J connectivity index is 2.26. The Morgan fingerprint density at radius 1 is 1.56 bits per heavy atom. The maximum Gasteiger partial charge on any atom is 0.313 e. The number of rotatable bonds is 6. The van der Waals surface area contributed by atoms with Gasteiger partial charge in [-0.05, 0) is 18.4 Å². The SMILES string of the molecule is C[C@@H](NC(=O)CSCC(=O)O)c1cccs1. The van der Waals surface area contributed by atoms with Crippen molar-refractivity contribution < 1.29 is 14.7 Å². The molecule has 0 saturated heterocycles. The van der Waals surface area contributed by atoms with E-state index in [1.807, 2.05) is 24.4 Å². The van der Waals surface area contributed by atoms with Gasteiger partial charge in [0.15, 0.2) is 0 Å². The van der Waals surface area contributed by atoms with Gasteiger partial charge in [-0.2, -0.15) is 0 Å². The lowest BCUT2D eigenvalue weighted by Crippen LogP contribution is -2.28. The van der Waals surface area contributed by atoms with E-state index in [0.29, 0.717) is 0 Å². The highest BCUT2D eigenvalue weighted by atomic mass is 32.2. The van der Waals surface area contributed by atoms with Crippen molar-refractivity contribution in [1.29, 1.82) is 0 Å². The number of thioether (sulfide) groups is 1. The third-order valence-corrected chi connectivity index (χ3v) is 3.78. The highest BCUT2D eigenvalue weighted by Crippen LogP contribution is 2.18. The van der Waals surface area contributed by atoms with Gasteiger partial charge in [0.1, 0.15) is 0 Å². The van der Waals surface area contributed by atoms with E-state index < -0.39 is 5.97 Å². The summed E-state index contributed by atoms with van der Waals surface area (Å²) in [4.78, 5) is 22.7. The molecule has 0 fully saturated rings. The molecule has 0 radical (unpaired) electrons. The van der Waals surface area contributed by atoms with Crippen molar-refractivity contribution in [3.63, 3.8) is 0 Å². The molecule has 1 atom stereocenters. The van der Waals surface area contributed by atoms with Crippen LogP contribution in [0.4, 0.5) is 0 Å². The predicted octanol–water partition coefficient (Wildman–Crippen LogP) is 1.74. The number of nitrogens with one attached hydrogen (secondary N) is 1. The quantitative estimate of drug-likeness (QED) is 0.816. The molecule has 0 aromatic carbocycles. The van der Waals surface area contributed by atoms with Crippen LogP contribution in [0.2, 0.25) is 0 Å². The van der Waals surface area contributed by atoms with Gasteiger partial charge in [0.05, 0.1) is 17.5 Å². The fraction of sp³-hybridized carbons (Fsp3) is 0.400. The first kappa shape index (κ1) is 13.1. The van der Waals surface area contributed by atoms with Crippen molar-refractivity contribution in [3.05, 3.63) is 22.4 Å². The monoisotopic (exact) mass is 259 g/mol. The molecule has 0 aliphatic rings. The van der Waals surface area contributed by atoms with E-state index in [-0.39, 0.29) is 23.5 Å². The fourth-order valence-corrected chi connectivity index (χ4v) is 2.40. The van der Waals surface area contributed by atoms with Gasteiger partial charge >= 0.3 is 5.97 Å². The molecular formula is C10H13NO3S2. The van der Waals surface area contributed by atoms with Crippen molar-refractivity contribution in [2.45, 2.75) is 13.0 Å². The zero-order valence-electron chi connectivity index (χ0n) is 8.80. The summed E-state index contributed by atoms with van der Waals surface area (Å²) < 4.78 is 0. The number of hydrogen-bond donors (Lipinski definition) is 2. The van der Waals surface area contributed by atoms with Crippen molar-refractivity contribution in [2.75, 3.05) is 11.5 Å². The zero-order valence-corrected chi connectivity index (χ0v) is 10.4. The molecule has 1 heterocycles. The lowest BCUT2D eigenvalue weighted by atomic mass is 10.3. The number of amides is 1. The van der Waals surface area contributed by atoms with Crippen LogP contribution in [0.1, 0.15) is 17.8 Å². The van der Waals surface area contributed by atoms with E-state index in [4.69, 9.17) is 5.11 Å². The number of carbonyl (C=O) groups excluding carboxylic acids is 1. The molecule has 1 amide bonds. The maximum atomic E-state index is 11.4. The minimum atomic E-state index is -0.899. The van der Waals surface area contributed by atoms with E-state index in [2.05, 4.69) is 5.32 Å². The first-order valence-electron chi connectivity index (χ1n) is 4.72. The van der Waals surface area contributed by atoms with Crippen molar-refractivity contribution >= 4 is 35.0 Å². The average Bonchev–Trinajstić information content (AvgIpc) is 2.69. The zero-order chi connectivity index (χ0) is 12.0. The maximum absolute atomic E-state index is 11.4. The van der Waals surface area contributed by atoms with Crippen LogP contribution in [-0.2, 0) is 9.59 Å². The molecule has 1 aromatic heterocycles. The number of hydrogen-bond acceptors (Lipinski definition) is 4. The minimum Gasteiger partial charge on any atom is -0.481 e. The summed E-state index contributed by atoms with van der Waals surface area (Å²) in [6.45, 7) is 1.91. The number of carboxylic acid groups (broad SMARTS) is 1. The fourth-order valence-electron chi connectivity index (χ4n) is 1.12. The molecule has 4 nitrogen and oxygen atoms in total. The first-order valence-corrected chi connectivity index (χ1v) is 6.75. The first-order chi connectivity index (χ1) is 7.59. The molecule has 0 aliphatic heterocycles. The Labute approximate surface area is 102 Å². The highest BCUT2D eigenvalue weighted by Gasteiger charge is 2.10. The van der Waals surface area contributed by atoms with E-state index in [0.717, 1.165) is 16.6 Å². The molecule has 0 aliphatic carbocycles. The summed E-state index contributed by atoms with van der Waals surface area (Å²) >= 11 is 2.69. The molecule has 0 bridgehead atoms. The van der Waals surface area contributed by atoms with Crippen LogP contribution >= 0.6 is 23.1 Å². The summed E-state index contributed by atoms with van der Waals surface area (Å²) in [5.41, 5.74) is 0. The van der Waals surface area contributed by atoms with Gasteiger partial charge in [0.2, 0.25) is 5.91 Å². The summed E-state index contributed by atoms with van der Waals surface area (Å²) in [5.74, 6) is -0.890. The Hall–Kier alpha value is -1.01. The second-order valence-electron chi connectivity index (χ2n) is 3.19. The standard InChI is InChI=1S/C10H13NO3S2/c1-7(8-3-2-4-16-8)11-9(12)5-15-6-10(13)14/h2-4,7H,5-6H2,1H3,(H,11,12)(H,13,14)/t7-/m1/s1. The number of aliphatic carboxylic acids is 1. The van der Waals surface area contributed by atoms with E-state index in [1.54, 1.807) is 11.3 Å². The normalized spacial score (nSPS) is 12.1. The molecule has 16 heavy (non-hydrogen) atoms. The average molecular weight is 259 g/mol. The lowest BCUT2D eigenvalue weighted by Gasteiger charge is -2.11. The Morgan fingerprint density at radius 2 is 2.31 bits per heavy atom. The number of carbonyl (C=O) groups is 2. The van der Waals surface area contributed by atoms with Gasteiger partial charge in [0.25, 0.3) is 0 Å². The van der Waals surface area contributed by atoms with Gasteiger partial charge < -0.3 is 10.4 Å². The number of carboxylic acids is 1. The van der Waals surface area contributed by atoms with Crippen LogP contribution < -0.4 is 5.32 Å². The molecule has 0 unspecified atom stereocenters. The molecule has 2 N–H and O–H groups in total.